The van der Waals surface area contributed by atoms with Gasteiger partial charge in [-0.2, -0.15) is 0 Å². The molecule has 1 aromatic carbocycles. The van der Waals surface area contributed by atoms with E-state index in [1.807, 2.05) is 12.1 Å². The van der Waals surface area contributed by atoms with Crippen molar-refractivity contribution in [2.75, 3.05) is 38.0 Å². The summed E-state index contributed by atoms with van der Waals surface area (Å²) in [7, 11) is 0. The number of carbonyl (C=O) groups is 1. The highest BCUT2D eigenvalue weighted by Gasteiger charge is 2.18. The van der Waals surface area contributed by atoms with Gasteiger partial charge in [-0.1, -0.05) is 18.5 Å². The third-order valence-electron chi connectivity index (χ3n) is 4.01. The lowest BCUT2D eigenvalue weighted by Gasteiger charge is -2.29. The summed E-state index contributed by atoms with van der Waals surface area (Å²) in [6, 6.07) is 7.24. The highest BCUT2D eigenvalue weighted by molar-refractivity contribution is 6.30. The van der Waals surface area contributed by atoms with E-state index in [9.17, 15) is 4.79 Å². The third kappa shape index (κ3) is 7.53. The molecule has 1 saturated heterocycles. The summed E-state index contributed by atoms with van der Waals surface area (Å²) in [5.41, 5.74) is 0.799. The molecule has 0 spiro atoms. The van der Waals surface area contributed by atoms with Gasteiger partial charge in [0.25, 0.3) is 0 Å². The standard InChI is InChI=1S/C17H26ClN3O.ClH/c1-2-11-21(12-14-7-9-19-10-8-14)13-17(22)20-16-5-3-15(18)4-6-16;/h3-6,14,19H,2,7-13H2,1H3,(H,20,22);1H. The van der Waals surface area contributed by atoms with Gasteiger partial charge in [-0.15, -0.1) is 12.4 Å². The number of benzene rings is 1. The first-order valence-corrected chi connectivity index (χ1v) is 8.53. The third-order valence-corrected chi connectivity index (χ3v) is 4.26. The molecule has 0 saturated carbocycles. The summed E-state index contributed by atoms with van der Waals surface area (Å²) in [4.78, 5) is 14.5. The predicted octanol–water partition coefficient (Wildman–Crippen LogP) is 3.41. The number of nitrogens with zero attached hydrogens (tertiary/aromatic N) is 1. The number of hydrogen-bond donors (Lipinski definition) is 2. The zero-order valence-corrected chi connectivity index (χ0v) is 15.3. The lowest BCUT2D eigenvalue weighted by Crippen LogP contribution is -2.40. The van der Waals surface area contributed by atoms with E-state index in [1.54, 1.807) is 12.1 Å². The highest BCUT2D eigenvalue weighted by Crippen LogP contribution is 2.15. The summed E-state index contributed by atoms with van der Waals surface area (Å²) in [6.07, 6.45) is 3.48. The van der Waals surface area contributed by atoms with Gasteiger partial charge in [-0.05, 0) is 69.1 Å². The van der Waals surface area contributed by atoms with Crippen molar-refractivity contribution < 1.29 is 4.79 Å². The molecule has 2 rings (SSSR count). The minimum atomic E-state index is 0. The lowest BCUT2D eigenvalue weighted by atomic mass is 9.97. The Labute approximate surface area is 150 Å². The van der Waals surface area contributed by atoms with E-state index < -0.39 is 0 Å². The van der Waals surface area contributed by atoms with Gasteiger partial charge >= 0.3 is 0 Å². The van der Waals surface area contributed by atoms with Gasteiger partial charge < -0.3 is 10.6 Å². The van der Waals surface area contributed by atoms with Crippen LogP contribution in [0, 0.1) is 5.92 Å². The summed E-state index contributed by atoms with van der Waals surface area (Å²) in [5, 5.41) is 7.01. The van der Waals surface area contributed by atoms with Crippen LogP contribution in [0.25, 0.3) is 0 Å². The predicted molar refractivity (Wildman–Crippen MR) is 99.7 cm³/mol. The van der Waals surface area contributed by atoms with Gasteiger partial charge in [0.15, 0.2) is 0 Å². The van der Waals surface area contributed by atoms with Crippen LogP contribution in [-0.2, 0) is 4.79 Å². The van der Waals surface area contributed by atoms with Crippen molar-refractivity contribution >= 4 is 35.6 Å². The monoisotopic (exact) mass is 359 g/mol. The first-order chi connectivity index (χ1) is 10.7. The zero-order chi connectivity index (χ0) is 15.8. The molecule has 1 amide bonds. The van der Waals surface area contributed by atoms with Gasteiger partial charge in [-0.3, -0.25) is 9.69 Å². The van der Waals surface area contributed by atoms with Crippen LogP contribution >= 0.6 is 24.0 Å². The second kappa shape index (κ2) is 10.9. The quantitative estimate of drug-likeness (QED) is 0.783. The molecule has 0 unspecified atom stereocenters. The van der Waals surface area contributed by atoms with E-state index in [-0.39, 0.29) is 18.3 Å². The van der Waals surface area contributed by atoms with Crippen molar-refractivity contribution in [1.82, 2.24) is 10.2 Å². The average molecular weight is 360 g/mol. The van der Waals surface area contributed by atoms with Crippen LogP contribution in [0.3, 0.4) is 0 Å². The molecule has 0 bridgehead atoms. The van der Waals surface area contributed by atoms with Crippen LogP contribution in [0.5, 0.6) is 0 Å². The minimum absolute atomic E-state index is 0. The second-order valence-electron chi connectivity index (χ2n) is 5.98. The number of carbonyl (C=O) groups excluding carboxylic acids is 1. The van der Waals surface area contributed by atoms with E-state index >= 15 is 0 Å². The Morgan fingerprint density at radius 3 is 2.57 bits per heavy atom. The van der Waals surface area contributed by atoms with Crippen LogP contribution in [0.15, 0.2) is 24.3 Å². The number of halogens is 2. The van der Waals surface area contributed by atoms with Crippen molar-refractivity contribution in [3.8, 4) is 0 Å². The Kier molecular flexibility index (Phi) is 9.56. The molecule has 130 valence electrons. The lowest BCUT2D eigenvalue weighted by molar-refractivity contribution is -0.117. The summed E-state index contributed by atoms with van der Waals surface area (Å²) < 4.78 is 0. The molecule has 1 aromatic rings. The maximum absolute atomic E-state index is 12.2. The first-order valence-electron chi connectivity index (χ1n) is 8.16. The number of amides is 1. The molecule has 0 atom stereocenters. The largest absolute Gasteiger partial charge is 0.325 e. The topological polar surface area (TPSA) is 44.4 Å². The highest BCUT2D eigenvalue weighted by atomic mass is 35.5. The minimum Gasteiger partial charge on any atom is -0.325 e. The van der Waals surface area contributed by atoms with Gasteiger partial charge in [0.05, 0.1) is 6.54 Å². The van der Waals surface area contributed by atoms with E-state index in [2.05, 4.69) is 22.5 Å². The summed E-state index contributed by atoms with van der Waals surface area (Å²) >= 11 is 5.86. The molecular formula is C17H27Cl2N3O. The summed E-state index contributed by atoms with van der Waals surface area (Å²) in [5.74, 6) is 0.751. The van der Waals surface area contributed by atoms with Crippen LogP contribution in [0.1, 0.15) is 26.2 Å². The van der Waals surface area contributed by atoms with Crippen molar-refractivity contribution in [1.29, 1.82) is 0 Å². The normalized spacial score (nSPS) is 15.3. The molecule has 6 heteroatoms. The summed E-state index contributed by atoms with van der Waals surface area (Å²) in [6.45, 7) is 6.80. The van der Waals surface area contributed by atoms with Gasteiger partial charge in [-0.25, -0.2) is 0 Å². The van der Waals surface area contributed by atoms with Crippen molar-refractivity contribution in [3.05, 3.63) is 29.3 Å². The number of anilines is 1. The number of rotatable bonds is 7. The van der Waals surface area contributed by atoms with Gasteiger partial charge in [0.1, 0.15) is 0 Å². The Hall–Kier alpha value is -0.810. The smallest absolute Gasteiger partial charge is 0.238 e. The molecule has 1 fully saturated rings. The van der Waals surface area contributed by atoms with Crippen molar-refractivity contribution in [3.63, 3.8) is 0 Å². The molecule has 1 aliphatic heterocycles. The average Bonchev–Trinajstić information content (AvgIpc) is 2.51. The fraction of sp³-hybridized carbons (Fsp3) is 0.588. The Balaban J connectivity index is 0.00000264. The first kappa shape index (κ1) is 20.2. The molecule has 0 radical (unpaired) electrons. The molecule has 1 heterocycles. The Morgan fingerprint density at radius 2 is 1.96 bits per heavy atom. The van der Waals surface area contributed by atoms with Gasteiger partial charge in [0, 0.05) is 17.3 Å². The van der Waals surface area contributed by atoms with E-state index in [1.165, 1.54) is 12.8 Å². The molecule has 0 aromatic heterocycles. The molecule has 4 nitrogen and oxygen atoms in total. The van der Waals surface area contributed by atoms with Crippen LogP contribution in [0.4, 0.5) is 5.69 Å². The molecule has 2 N–H and O–H groups in total. The fourth-order valence-corrected chi connectivity index (χ4v) is 3.04. The van der Waals surface area contributed by atoms with Crippen LogP contribution in [-0.4, -0.2) is 43.5 Å². The number of piperidine rings is 1. The molecule has 23 heavy (non-hydrogen) atoms. The second-order valence-corrected chi connectivity index (χ2v) is 6.42. The molecule has 1 aliphatic rings. The number of nitrogens with one attached hydrogen (secondary N) is 2. The Morgan fingerprint density at radius 1 is 1.30 bits per heavy atom. The van der Waals surface area contributed by atoms with E-state index in [0.29, 0.717) is 17.5 Å². The van der Waals surface area contributed by atoms with Crippen molar-refractivity contribution in [2.24, 2.45) is 5.92 Å². The van der Waals surface area contributed by atoms with E-state index in [4.69, 9.17) is 11.6 Å². The van der Waals surface area contributed by atoms with Crippen LogP contribution in [0.2, 0.25) is 5.02 Å². The molecule has 0 aliphatic carbocycles. The van der Waals surface area contributed by atoms with Gasteiger partial charge in [0.2, 0.25) is 5.91 Å². The maximum Gasteiger partial charge on any atom is 0.238 e. The Bertz CT molecular complexity index is 461. The fourth-order valence-electron chi connectivity index (χ4n) is 2.92. The van der Waals surface area contributed by atoms with E-state index in [0.717, 1.165) is 38.3 Å². The SMILES string of the molecule is CCCN(CC(=O)Nc1ccc(Cl)cc1)CC1CCNCC1.Cl. The molecular weight excluding hydrogens is 333 g/mol. The maximum atomic E-state index is 12.2. The number of hydrogen-bond acceptors (Lipinski definition) is 3. The van der Waals surface area contributed by atoms with Crippen molar-refractivity contribution in [2.45, 2.75) is 26.2 Å². The van der Waals surface area contributed by atoms with Crippen LogP contribution < -0.4 is 10.6 Å². The zero-order valence-electron chi connectivity index (χ0n) is 13.7.